The Kier molecular flexibility index (Phi) is 5.59. The second-order valence-corrected chi connectivity index (χ2v) is 5.32. The molecule has 0 aliphatic heterocycles. The minimum atomic E-state index is -0.736. The topological polar surface area (TPSA) is 101 Å². The molecule has 0 fully saturated rings. The van der Waals surface area contributed by atoms with Crippen LogP contribution in [0, 0.1) is 6.92 Å². The first-order valence-electron chi connectivity index (χ1n) is 6.92. The van der Waals surface area contributed by atoms with Crippen LogP contribution in [0.25, 0.3) is 0 Å². The van der Waals surface area contributed by atoms with Crippen molar-refractivity contribution in [3.8, 4) is 11.5 Å². The minimum absolute atomic E-state index is 0.112. The predicted octanol–water partition coefficient (Wildman–Crippen LogP) is 2.23. The number of carbonyl (C=O) groups excluding carboxylic acids is 1. The van der Waals surface area contributed by atoms with Gasteiger partial charge in [-0.05, 0) is 38.1 Å². The lowest BCUT2D eigenvalue weighted by molar-refractivity contribution is -0.123. The maximum absolute atomic E-state index is 11.7. The first kappa shape index (κ1) is 17.6. The molecule has 0 saturated carbocycles. The van der Waals surface area contributed by atoms with Crippen molar-refractivity contribution in [3.05, 3.63) is 57.1 Å². The number of benzene rings is 1. The van der Waals surface area contributed by atoms with Crippen LogP contribution in [0.4, 0.5) is 0 Å². The molecular formula is C16H15ClN2O5. The van der Waals surface area contributed by atoms with Gasteiger partial charge in [0.25, 0.3) is 5.91 Å². The molecule has 1 aromatic carbocycles. The van der Waals surface area contributed by atoms with E-state index in [0.29, 0.717) is 10.8 Å². The molecule has 0 unspecified atom stereocenters. The molecule has 0 atom stereocenters. The Morgan fingerprint density at radius 3 is 2.67 bits per heavy atom. The lowest BCUT2D eigenvalue weighted by atomic mass is 10.2. The van der Waals surface area contributed by atoms with E-state index in [1.165, 1.54) is 19.9 Å². The first-order valence-corrected chi connectivity index (χ1v) is 7.30. The van der Waals surface area contributed by atoms with Crippen molar-refractivity contribution >= 4 is 23.2 Å². The Labute approximate surface area is 142 Å². The number of aryl methyl sites for hydroxylation is 1. The summed E-state index contributed by atoms with van der Waals surface area (Å²) in [5.41, 5.74) is 1.50. The maximum atomic E-state index is 11.7. The monoisotopic (exact) mass is 350 g/mol. The highest BCUT2D eigenvalue weighted by Gasteiger charge is 2.13. The van der Waals surface area contributed by atoms with Gasteiger partial charge in [-0.25, -0.2) is 10.2 Å². The summed E-state index contributed by atoms with van der Waals surface area (Å²) in [4.78, 5) is 23.4. The number of halogens is 1. The van der Waals surface area contributed by atoms with Gasteiger partial charge in [-0.15, -0.1) is 0 Å². The lowest BCUT2D eigenvalue weighted by Gasteiger charge is -2.06. The Hall–Kier alpha value is -2.80. The number of hydrogen-bond acceptors (Lipinski definition) is 6. The molecule has 0 saturated heterocycles. The average molecular weight is 351 g/mol. The predicted molar refractivity (Wildman–Crippen MR) is 88.7 cm³/mol. The van der Waals surface area contributed by atoms with Crippen LogP contribution < -0.4 is 15.8 Å². The summed E-state index contributed by atoms with van der Waals surface area (Å²) in [5, 5.41) is 14.1. The smallest absolute Gasteiger partial charge is 0.348 e. The number of aromatic hydroxyl groups is 1. The molecule has 0 radical (unpaired) electrons. The van der Waals surface area contributed by atoms with Gasteiger partial charge in [0.1, 0.15) is 22.8 Å². The fourth-order valence-corrected chi connectivity index (χ4v) is 1.97. The Morgan fingerprint density at radius 1 is 1.38 bits per heavy atom. The highest BCUT2D eigenvalue weighted by Crippen LogP contribution is 2.16. The van der Waals surface area contributed by atoms with E-state index in [2.05, 4.69) is 10.5 Å². The molecule has 1 heterocycles. The Morgan fingerprint density at radius 2 is 2.04 bits per heavy atom. The van der Waals surface area contributed by atoms with Gasteiger partial charge >= 0.3 is 5.63 Å². The molecule has 1 aromatic heterocycles. The third-order valence-electron chi connectivity index (χ3n) is 2.95. The third kappa shape index (κ3) is 4.60. The van der Waals surface area contributed by atoms with Crippen LogP contribution in [0.2, 0.25) is 5.02 Å². The number of nitrogens with one attached hydrogen (secondary N) is 1. The molecule has 2 aromatic rings. The van der Waals surface area contributed by atoms with Crippen molar-refractivity contribution in [2.75, 3.05) is 6.61 Å². The fourth-order valence-electron chi connectivity index (χ4n) is 1.84. The summed E-state index contributed by atoms with van der Waals surface area (Å²) in [6.07, 6.45) is 0. The molecule has 0 bridgehead atoms. The third-order valence-corrected chi connectivity index (χ3v) is 3.20. The normalized spacial score (nSPS) is 11.2. The maximum Gasteiger partial charge on any atom is 0.348 e. The van der Waals surface area contributed by atoms with Gasteiger partial charge in [-0.2, -0.15) is 5.10 Å². The Bertz CT molecular complexity index is 827. The lowest BCUT2D eigenvalue weighted by Crippen LogP contribution is -2.26. The summed E-state index contributed by atoms with van der Waals surface area (Å²) in [6, 6.07) is 7.81. The highest BCUT2D eigenvalue weighted by molar-refractivity contribution is 6.30. The highest BCUT2D eigenvalue weighted by atomic mass is 35.5. The van der Waals surface area contributed by atoms with Crippen molar-refractivity contribution in [2.45, 2.75) is 13.8 Å². The number of hydrazone groups is 1. The minimum Gasteiger partial charge on any atom is -0.507 e. The average Bonchev–Trinajstić information content (AvgIpc) is 2.51. The number of hydrogen-bond donors (Lipinski definition) is 2. The zero-order valence-electron chi connectivity index (χ0n) is 13.0. The molecule has 0 aliphatic rings. The summed E-state index contributed by atoms with van der Waals surface area (Å²) in [6.45, 7) is 2.72. The van der Waals surface area contributed by atoms with E-state index in [4.69, 9.17) is 20.8 Å². The largest absolute Gasteiger partial charge is 0.507 e. The molecule has 0 spiro atoms. The van der Waals surface area contributed by atoms with Crippen LogP contribution in [0.5, 0.6) is 11.5 Å². The van der Waals surface area contributed by atoms with Gasteiger partial charge < -0.3 is 14.3 Å². The van der Waals surface area contributed by atoms with Crippen molar-refractivity contribution in [2.24, 2.45) is 5.10 Å². The summed E-state index contributed by atoms with van der Waals surface area (Å²) in [5.74, 6) is -0.0431. The van der Waals surface area contributed by atoms with Gasteiger partial charge in [-0.1, -0.05) is 11.6 Å². The molecule has 126 valence electrons. The number of nitrogens with zero attached hydrogens (tertiary/aromatic N) is 1. The Balaban J connectivity index is 1.98. The van der Waals surface area contributed by atoms with E-state index in [1.807, 2.05) is 0 Å². The van der Waals surface area contributed by atoms with Crippen LogP contribution in [0.3, 0.4) is 0 Å². The molecule has 7 nitrogen and oxygen atoms in total. The number of amides is 1. The molecule has 0 aliphatic carbocycles. The van der Waals surface area contributed by atoms with Crippen LogP contribution in [-0.2, 0) is 4.79 Å². The van der Waals surface area contributed by atoms with E-state index < -0.39 is 11.5 Å². The van der Waals surface area contributed by atoms with Crippen LogP contribution in [-0.4, -0.2) is 23.3 Å². The summed E-state index contributed by atoms with van der Waals surface area (Å²) < 4.78 is 10.1. The first-order chi connectivity index (χ1) is 11.4. The van der Waals surface area contributed by atoms with Crippen molar-refractivity contribution < 1.29 is 19.1 Å². The van der Waals surface area contributed by atoms with Crippen molar-refractivity contribution in [1.82, 2.24) is 5.43 Å². The molecule has 1 amide bonds. The van der Waals surface area contributed by atoms with Gasteiger partial charge in [0.15, 0.2) is 6.61 Å². The van der Waals surface area contributed by atoms with E-state index in [1.54, 1.807) is 24.3 Å². The van der Waals surface area contributed by atoms with E-state index in [0.717, 1.165) is 0 Å². The molecule has 8 heteroatoms. The fraction of sp³-hybridized carbons (Fsp3) is 0.188. The van der Waals surface area contributed by atoms with Crippen LogP contribution >= 0.6 is 11.6 Å². The standard InChI is InChI=1S/C16H15ClN2O5/c1-9-7-13(20)15(16(22)24-9)10(2)18-19-14(21)8-23-12-5-3-11(17)4-6-12/h3-7,20H,8H2,1-2H3,(H,19,21). The van der Waals surface area contributed by atoms with E-state index in [9.17, 15) is 14.7 Å². The van der Waals surface area contributed by atoms with Gasteiger partial charge in [0.05, 0.1) is 5.71 Å². The quantitative estimate of drug-likeness (QED) is 0.636. The molecule has 2 N–H and O–H groups in total. The summed E-state index contributed by atoms with van der Waals surface area (Å²) in [7, 11) is 0. The van der Waals surface area contributed by atoms with Gasteiger partial charge in [0, 0.05) is 11.1 Å². The molecule has 24 heavy (non-hydrogen) atoms. The summed E-state index contributed by atoms with van der Waals surface area (Å²) >= 11 is 5.75. The number of ether oxygens (including phenoxy) is 1. The number of rotatable bonds is 5. The SMILES string of the molecule is CC(=NNC(=O)COc1ccc(Cl)cc1)c1c(O)cc(C)oc1=O. The van der Waals surface area contributed by atoms with Gasteiger partial charge in [-0.3, -0.25) is 4.79 Å². The van der Waals surface area contributed by atoms with E-state index in [-0.39, 0.29) is 29.4 Å². The number of carbonyl (C=O) groups is 1. The zero-order chi connectivity index (χ0) is 17.7. The molecule has 2 rings (SSSR count). The van der Waals surface area contributed by atoms with Crippen molar-refractivity contribution in [1.29, 1.82) is 0 Å². The van der Waals surface area contributed by atoms with Crippen LogP contribution in [0.15, 0.2) is 44.6 Å². The van der Waals surface area contributed by atoms with Gasteiger partial charge in [0.2, 0.25) is 0 Å². The van der Waals surface area contributed by atoms with E-state index >= 15 is 0 Å². The van der Waals surface area contributed by atoms with Crippen LogP contribution in [0.1, 0.15) is 18.2 Å². The zero-order valence-corrected chi connectivity index (χ0v) is 13.8. The second kappa shape index (κ2) is 7.65. The second-order valence-electron chi connectivity index (χ2n) is 4.88. The van der Waals surface area contributed by atoms with Crippen molar-refractivity contribution in [3.63, 3.8) is 0 Å². The molecular weight excluding hydrogens is 336 g/mol.